The zero-order valence-corrected chi connectivity index (χ0v) is 19.5. The Bertz CT molecular complexity index is 791. The third-order valence-electron chi connectivity index (χ3n) is 5.50. The van der Waals surface area contributed by atoms with Gasteiger partial charge in [-0.2, -0.15) is 0 Å². The summed E-state index contributed by atoms with van der Waals surface area (Å²) in [6.07, 6.45) is 4.92. The SMILES string of the molecule is CN(C)S(=O)(=O)c1ccc(N2CCCCC2)c(C(=O)N2CCC(N)CC2)c1.Cl.Cl. The Kier molecular flexibility index (Phi) is 9.69. The topological polar surface area (TPSA) is 87.0 Å². The van der Waals surface area contributed by atoms with Crippen LogP contribution in [0.3, 0.4) is 0 Å². The maximum atomic E-state index is 13.3. The van der Waals surface area contributed by atoms with E-state index < -0.39 is 10.0 Å². The number of amides is 1. The van der Waals surface area contributed by atoms with Crippen LogP contribution in [0, 0.1) is 0 Å². The lowest BCUT2D eigenvalue weighted by Gasteiger charge is -2.34. The summed E-state index contributed by atoms with van der Waals surface area (Å²) >= 11 is 0. The summed E-state index contributed by atoms with van der Waals surface area (Å²) in [6, 6.07) is 5.10. The highest BCUT2D eigenvalue weighted by Crippen LogP contribution is 2.29. The molecule has 0 unspecified atom stereocenters. The van der Waals surface area contributed by atoms with Crippen LogP contribution >= 0.6 is 24.8 Å². The number of nitrogens with zero attached hydrogens (tertiary/aromatic N) is 3. The van der Waals surface area contributed by atoms with E-state index in [4.69, 9.17) is 5.73 Å². The molecule has 2 aliphatic heterocycles. The average molecular weight is 467 g/mol. The largest absolute Gasteiger partial charge is 0.371 e. The van der Waals surface area contributed by atoms with Gasteiger partial charge in [-0.05, 0) is 50.3 Å². The van der Waals surface area contributed by atoms with E-state index in [1.54, 1.807) is 23.1 Å². The average Bonchev–Trinajstić information content (AvgIpc) is 2.68. The van der Waals surface area contributed by atoms with Gasteiger partial charge in [-0.1, -0.05) is 0 Å². The molecule has 3 rings (SSSR count). The number of nitrogens with two attached hydrogens (primary N) is 1. The Morgan fingerprint density at radius 2 is 1.62 bits per heavy atom. The Hall–Kier alpha value is -1.06. The summed E-state index contributed by atoms with van der Waals surface area (Å²) in [4.78, 5) is 17.4. The van der Waals surface area contributed by atoms with Gasteiger partial charge in [0, 0.05) is 52.0 Å². The molecule has 0 atom stereocenters. The standard InChI is InChI=1S/C19H30N4O3S.2ClH/c1-21(2)27(25,26)16-6-7-18(22-10-4-3-5-11-22)17(14-16)19(24)23-12-8-15(20)9-13-23;;/h6-7,14-15H,3-5,8-13,20H2,1-2H3;2*1H. The Labute approximate surface area is 186 Å². The molecular weight excluding hydrogens is 435 g/mol. The predicted octanol–water partition coefficient (Wildman–Crippen LogP) is 2.33. The van der Waals surface area contributed by atoms with Crippen LogP contribution in [0.1, 0.15) is 42.5 Å². The highest BCUT2D eigenvalue weighted by Gasteiger charge is 2.28. The number of carbonyl (C=O) groups excluding carboxylic acids is 1. The van der Waals surface area contributed by atoms with Crippen molar-refractivity contribution in [2.45, 2.75) is 43.0 Å². The lowest BCUT2D eigenvalue weighted by molar-refractivity contribution is 0.0715. The lowest BCUT2D eigenvalue weighted by atomic mass is 10.0. The molecule has 0 spiro atoms. The highest BCUT2D eigenvalue weighted by molar-refractivity contribution is 7.89. The molecule has 10 heteroatoms. The number of hydrogen-bond donors (Lipinski definition) is 1. The fourth-order valence-corrected chi connectivity index (χ4v) is 4.67. The lowest BCUT2D eigenvalue weighted by Crippen LogP contribution is -2.43. The minimum absolute atomic E-state index is 0. The number of anilines is 1. The molecule has 0 saturated carbocycles. The molecule has 1 amide bonds. The number of hydrogen-bond acceptors (Lipinski definition) is 5. The number of sulfonamides is 1. The Morgan fingerprint density at radius 3 is 2.17 bits per heavy atom. The van der Waals surface area contributed by atoms with E-state index in [0.717, 1.165) is 44.5 Å². The molecule has 2 fully saturated rings. The molecule has 0 aliphatic carbocycles. The van der Waals surface area contributed by atoms with Crippen molar-refractivity contribution in [2.75, 3.05) is 45.2 Å². The molecule has 2 N–H and O–H groups in total. The summed E-state index contributed by atoms with van der Waals surface area (Å²) in [7, 11) is -0.593. The predicted molar refractivity (Wildman–Crippen MR) is 121 cm³/mol. The van der Waals surface area contributed by atoms with Crippen LogP contribution in [0.25, 0.3) is 0 Å². The monoisotopic (exact) mass is 466 g/mol. The van der Waals surface area contributed by atoms with Crippen LogP contribution in [0.2, 0.25) is 0 Å². The Morgan fingerprint density at radius 1 is 1.03 bits per heavy atom. The van der Waals surface area contributed by atoms with Crippen LogP contribution in [0.4, 0.5) is 5.69 Å². The summed E-state index contributed by atoms with van der Waals surface area (Å²) in [5.74, 6) is -0.0988. The van der Waals surface area contributed by atoms with Crippen molar-refractivity contribution in [3.63, 3.8) is 0 Å². The van der Waals surface area contributed by atoms with Gasteiger partial charge in [0.05, 0.1) is 10.5 Å². The summed E-state index contributed by atoms with van der Waals surface area (Å²) in [5.41, 5.74) is 7.29. The fourth-order valence-electron chi connectivity index (χ4n) is 3.74. The first-order valence-corrected chi connectivity index (χ1v) is 11.1. The third kappa shape index (κ3) is 5.76. The molecule has 2 heterocycles. The van der Waals surface area contributed by atoms with Crippen LogP contribution in [-0.4, -0.2) is 69.8 Å². The zero-order chi connectivity index (χ0) is 19.6. The van der Waals surface area contributed by atoms with Gasteiger partial charge in [0.1, 0.15) is 0 Å². The minimum Gasteiger partial charge on any atom is -0.371 e. The van der Waals surface area contributed by atoms with Gasteiger partial charge in [-0.15, -0.1) is 24.8 Å². The van der Waals surface area contributed by atoms with Crippen molar-refractivity contribution in [1.82, 2.24) is 9.21 Å². The van der Waals surface area contributed by atoms with Gasteiger partial charge in [0.2, 0.25) is 10.0 Å². The molecule has 1 aromatic carbocycles. The normalized spacial score (nSPS) is 18.2. The second-order valence-corrected chi connectivity index (χ2v) is 9.80. The third-order valence-corrected chi connectivity index (χ3v) is 7.31. The van der Waals surface area contributed by atoms with Crippen molar-refractivity contribution in [3.05, 3.63) is 23.8 Å². The highest BCUT2D eigenvalue weighted by atomic mass is 35.5. The van der Waals surface area contributed by atoms with Crippen LogP contribution < -0.4 is 10.6 Å². The van der Waals surface area contributed by atoms with Crippen molar-refractivity contribution in [3.8, 4) is 0 Å². The number of piperidine rings is 2. The van der Waals surface area contributed by atoms with E-state index in [0.29, 0.717) is 18.7 Å². The van der Waals surface area contributed by atoms with Crippen molar-refractivity contribution in [1.29, 1.82) is 0 Å². The molecule has 2 aliphatic rings. The van der Waals surface area contributed by atoms with Crippen LogP contribution in [0.5, 0.6) is 0 Å². The molecule has 7 nitrogen and oxygen atoms in total. The molecule has 0 bridgehead atoms. The first kappa shape index (κ1) is 26.0. The zero-order valence-electron chi connectivity index (χ0n) is 17.0. The molecule has 166 valence electrons. The van der Waals surface area contributed by atoms with Crippen LogP contribution in [0.15, 0.2) is 23.1 Å². The smallest absolute Gasteiger partial charge is 0.256 e. The number of benzene rings is 1. The van der Waals surface area contributed by atoms with Gasteiger partial charge >= 0.3 is 0 Å². The number of rotatable bonds is 4. The molecule has 29 heavy (non-hydrogen) atoms. The van der Waals surface area contributed by atoms with Crippen molar-refractivity contribution < 1.29 is 13.2 Å². The van der Waals surface area contributed by atoms with Gasteiger partial charge in [0.25, 0.3) is 5.91 Å². The van der Waals surface area contributed by atoms with E-state index in [-0.39, 0.29) is 41.7 Å². The number of likely N-dealkylation sites (tertiary alicyclic amines) is 1. The van der Waals surface area contributed by atoms with Gasteiger partial charge in [0.15, 0.2) is 0 Å². The first-order chi connectivity index (χ1) is 12.8. The van der Waals surface area contributed by atoms with Gasteiger partial charge in [-0.3, -0.25) is 4.79 Å². The Balaban J connectivity index is 0.00000210. The van der Waals surface area contributed by atoms with Gasteiger partial charge < -0.3 is 15.5 Å². The first-order valence-electron chi connectivity index (χ1n) is 9.67. The van der Waals surface area contributed by atoms with Crippen molar-refractivity contribution >= 4 is 46.4 Å². The van der Waals surface area contributed by atoms with E-state index in [2.05, 4.69) is 4.90 Å². The maximum absolute atomic E-state index is 13.3. The second kappa shape index (κ2) is 10.8. The summed E-state index contributed by atoms with van der Waals surface area (Å²) < 4.78 is 26.3. The molecular formula is C19H32Cl2N4O3S. The van der Waals surface area contributed by atoms with Crippen LogP contribution in [-0.2, 0) is 10.0 Å². The molecule has 2 saturated heterocycles. The summed E-state index contributed by atoms with van der Waals surface area (Å²) in [5, 5.41) is 0. The minimum atomic E-state index is -3.60. The summed E-state index contributed by atoms with van der Waals surface area (Å²) in [6.45, 7) is 3.02. The molecule has 0 aromatic heterocycles. The quantitative estimate of drug-likeness (QED) is 0.735. The fraction of sp³-hybridized carbons (Fsp3) is 0.632. The van der Waals surface area contributed by atoms with Gasteiger partial charge in [-0.25, -0.2) is 12.7 Å². The van der Waals surface area contributed by atoms with E-state index in [1.807, 2.05) is 0 Å². The molecule has 1 aromatic rings. The molecule has 0 radical (unpaired) electrons. The maximum Gasteiger partial charge on any atom is 0.256 e. The van der Waals surface area contributed by atoms with Crippen molar-refractivity contribution in [2.24, 2.45) is 5.73 Å². The van der Waals surface area contributed by atoms with E-state index in [9.17, 15) is 13.2 Å². The second-order valence-electron chi connectivity index (χ2n) is 7.64. The van der Waals surface area contributed by atoms with E-state index >= 15 is 0 Å². The number of halogens is 2. The number of carbonyl (C=O) groups is 1. The van der Waals surface area contributed by atoms with E-state index in [1.165, 1.54) is 24.8 Å².